The number of hydrogen-bond donors (Lipinski definition) is 2. The van der Waals surface area contributed by atoms with Crippen molar-refractivity contribution < 1.29 is 23.9 Å². The molecule has 0 saturated heterocycles. The summed E-state index contributed by atoms with van der Waals surface area (Å²) >= 11 is 0. The van der Waals surface area contributed by atoms with Gasteiger partial charge in [0.15, 0.2) is 0 Å². The number of para-hydroxylation sites is 1. The van der Waals surface area contributed by atoms with Gasteiger partial charge in [-0.25, -0.2) is 9.18 Å². The molecule has 0 aliphatic carbocycles. The number of carboxylic acids is 1. The molecule has 7 heteroatoms. The Labute approximate surface area is 121 Å². The van der Waals surface area contributed by atoms with E-state index in [1.165, 1.54) is 25.2 Å². The molecule has 6 nitrogen and oxygen atoms in total. The summed E-state index contributed by atoms with van der Waals surface area (Å²) in [6, 6.07) is 4.90. The van der Waals surface area contributed by atoms with Crippen LogP contribution in [0.4, 0.5) is 14.9 Å². The lowest BCUT2D eigenvalue weighted by atomic mass is 10.0. The van der Waals surface area contributed by atoms with Gasteiger partial charge in [-0.05, 0) is 18.1 Å². The smallest absolute Gasteiger partial charge is 0.328 e. The molecule has 0 aliphatic rings. The van der Waals surface area contributed by atoms with Crippen molar-refractivity contribution in [3.8, 4) is 0 Å². The summed E-state index contributed by atoms with van der Waals surface area (Å²) in [6.45, 7) is 1.60. The van der Waals surface area contributed by atoms with Crippen molar-refractivity contribution in [2.24, 2.45) is 5.92 Å². The van der Waals surface area contributed by atoms with E-state index >= 15 is 0 Å². The maximum absolute atomic E-state index is 13.5. The lowest BCUT2D eigenvalue weighted by Gasteiger charge is -2.18. The van der Waals surface area contributed by atoms with Crippen LogP contribution in [0.1, 0.15) is 19.8 Å². The SMILES string of the molecule is CC(CC(=O)O)CC(=O)NC(=O)N(C)c1ccccc1F. The topological polar surface area (TPSA) is 86.7 Å². The molecule has 0 spiro atoms. The fourth-order valence-electron chi connectivity index (χ4n) is 1.77. The van der Waals surface area contributed by atoms with Crippen LogP contribution >= 0.6 is 0 Å². The van der Waals surface area contributed by atoms with Crippen molar-refractivity contribution in [3.63, 3.8) is 0 Å². The minimum absolute atomic E-state index is 0.0429. The van der Waals surface area contributed by atoms with Crippen LogP contribution in [0, 0.1) is 11.7 Å². The van der Waals surface area contributed by atoms with Crippen LogP contribution in [-0.4, -0.2) is 30.1 Å². The van der Waals surface area contributed by atoms with Crippen molar-refractivity contribution in [2.45, 2.75) is 19.8 Å². The van der Waals surface area contributed by atoms with Crippen LogP contribution in [0.2, 0.25) is 0 Å². The number of urea groups is 1. The molecule has 0 saturated carbocycles. The normalized spacial score (nSPS) is 11.6. The van der Waals surface area contributed by atoms with Gasteiger partial charge in [0.05, 0.1) is 5.69 Å². The zero-order valence-corrected chi connectivity index (χ0v) is 11.8. The van der Waals surface area contributed by atoms with E-state index in [4.69, 9.17) is 5.11 Å². The molecule has 0 heterocycles. The molecule has 0 fully saturated rings. The van der Waals surface area contributed by atoms with Crippen molar-refractivity contribution in [1.29, 1.82) is 0 Å². The first-order chi connectivity index (χ1) is 9.81. The highest BCUT2D eigenvalue weighted by Gasteiger charge is 2.19. The molecule has 1 rings (SSSR count). The number of aliphatic carboxylic acids is 1. The summed E-state index contributed by atoms with van der Waals surface area (Å²) in [7, 11) is 1.34. The molecule has 0 aliphatic heterocycles. The van der Waals surface area contributed by atoms with E-state index in [-0.39, 0.29) is 18.5 Å². The summed E-state index contributed by atoms with van der Waals surface area (Å²) in [5.41, 5.74) is 0.0429. The second-order valence-electron chi connectivity index (χ2n) is 4.77. The number of nitrogens with zero attached hydrogens (tertiary/aromatic N) is 1. The molecular formula is C14H17FN2O4. The fourth-order valence-corrected chi connectivity index (χ4v) is 1.77. The van der Waals surface area contributed by atoms with Gasteiger partial charge in [0, 0.05) is 19.9 Å². The minimum Gasteiger partial charge on any atom is -0.481 e. The second-order valence-corrected chi connectivity index (χ2v) is 4.77. The predicted octanol–water partition coefficient (Wildman–Crippen LogP) is 2.00. The number of halogens is 1. The van der Waals surface area contributed by atoms with Crippen LogP contribution in [-0.2, 0) is 9.59 Å². The van der Waals surface area contributed by atoms with Crippen LogP contribution in [0.25, 0.3) is 0 Å². The number of rotatable bonds is 5. The molecule has 0 aromatic heterocycles. The summed E-state index contributed by atoms with van der Waals surface area (Å²) in [5, 5.41) is 10.7. The van der Waals surface area contributed by atoms with Gasteiger partial charge in [-0.1, -0.05) is 19.1 Å². The molecule has 0 radical (unpaired) electrons. The summed E-state index contributed by atoms with van der Waals surface area (Å²) < 4.78 is 13.5. The third kappa shape index (κ3) is 5.21. The van der Waals surface area contributed by atoms with Gasteiger partial charge in [-0.2, -0.15) is 0 Å². The molecule has 1 atom stereocenters. The summed E-state index contributed by atoms with van der Waals surface area (Å²) in [4.78, 5) is 34.9. The lowest BCUT2D eigenvalue weighted by molar-refractivity contribution is -0.138. The molecule has 3 amide bonds. The first-order valence-corrected chi connectivity index (χ1v) is 6.35. The van der Waals surface area contributed by atoms with Crippen molar-refractivity contribution >= 4 is 23.6 Å². The summed E-state index contributed by atoms with van der Waals surface area (Å²) in [5.74, 6) is -2.59. The van der Waals surface area contributed by atoms with Gasteiger partial charge >= 0.3 is 12.0 Å². The maximum atomic E-state index is 13.5. The largest absolute Gasteiger partial charge is 0.481 e. The van der Waals surface area contributed by atoms with Crippen molar-refractivity contribution in [3.05, 3.63) is 30.1 Å². The number of benzene rings is 1. The standard InChI is InChI=1S/C14H17FN2O4/c1-9(8-13(19)20)7-12(18)16-14(21)17(2)11-6-4-3-5-10(11)15/h3-6,9H,7-8H2,1-2H3,(H,19,20)(H,16,18,21). The molecular weight excluding hydrogens is 279 g/mol. The molecule has 114 valence electrons. The number of anilines is 1. The van der Waals surface area contributed by atoms with Crippen LogP contribution in [0.3, 0.4) is 0 Å². The molecule has 1 aromatic rings. The number of carbonyl (C=O) groups is 3. The molecule has 1 aromatic carbocycles. The molecule has 0 bridgehead atoms. The van der Waals surface area contributed by atoms with E-state index in [9.17, 15) is 18.8 Å². The van der Waals surface area contributed by atoms with E-state index in [0.29, 0.717) is 0 Å². The highest BCUT2D eigenvalue weighted by molar-refractivity contribution is 6.02. The van der Waals surface area contributed by atoms with Crippen LogP contribution in [0.15, 0.2) is 24.3 Å². The van der Waals surface area contributed by atoms with Crippen LogP contribution in [0.5, 0.6) is 0 Å². The Kier molecular flexibility index (Phi) is 5.83. The Bertz CT molecular complexity index is 548. The Hall–Kier alpha value is -2.44. The van der Waals surface area contributed by atoms with E-state index in [2.05, 4.69) is 5.32 Å². The number of imide groups is 1. The number of carboxylic acid groups (broad SMARTS) is 1. The quantitative estimate of drug-likeness (QED) is 0.870. The monoisotopic (exact) mass is 296 g/mol. The van der Waals surface area contributed by atoms with Gasteiger partial charge in [0.25, 0.3) is 0 Å². The first-order valence-electron chi connectivity index (χ1n) is 6.35. The fraction of sp³-hybridized carbons (Fsp3) is 0.357. The average Bonchev–Trinajstić information content (AvgIpc) is 2.36. The van der Waals surface area contributed by atoms with Gasteiger partial charge in [0.2, 0.25) is 5.91 Å². The van der Waals surface area contributed by atoms with E-state index in [1.807, 2.05) is 0 Å². The number of carbonyl (C=O) groups excluding carboxylic acids is 2. The average molecular weight is 296 g/mol. The minimum atomic E-state index is -1.01. The number of nitrogens with one attached hydrogen (secondary N) is 1. The number of amides is 3. The van der Waals surface area contributed by atoms with Crippen molar-refractivity contribution in [2.75, 3.05) is 11.9 Å². The van der Waals surface area contributed by atoms with E-state index < -0.39 is 29.6 Å². The molecule has 2 N–H and O–H groups in total. The van der Waals surface area contributed by atoms with Gasteiger partial charge in [-0.15, -0.1) is 0 Å². The van der Waals surface area contributed by atoms with Gasteiger partial charge in [0.1, 0.15) is 5.82 Å². The zero-order chi connectivity index (χ0) is 16.0. The van der Waals surface area contributed by atoms with Crippen LogP contribution < -0.4 is 10.2 Å². The lowest BCUT2D eigenvalue weighted by Crippen LogP contribution is -2.41. The highest BCUT2D eigenvalue weighted by atomic mass is 19.1. The third-order valence-electron chi connectivity index (χ3n) is 2.82. The highest BCUT2D eigenvalue weighted by Crippen LogP contribution is 2.17. The third-order valence-corrected chi connectivity index (χ3v) is 2.82. The Morgan fingerprint density at radius 2 is 1.90 bits per heavy atom. The van der Waals surface area contributed by atoms with Gasteiger partial charge < -0.3 is 5.11 Å². The predicted molar refractivity (Wildman–Crippen MR) is 74.4 cm³/mol. The van der Waals surface area contributed by atoms with E-state index in [0.717, 1.165) is 4.90 Å². The molecule has 21 heavy (non-hydrogen) atoms. The first kappa shape index (κ1) is 16.6. The number of hydrogen-bond acceptors (Lipinski definition) is 3. The maximum Gasteiger partial charge on any atom is 0.328 e. The Morgan fingerprint density at radius 1 is 1.29 bits per heavy atom. The Morgan fingerprint density at radius 3 is 2.48 bits per heavy atom. The second kappa shape index (κ2) is 7.37. The van der Waals surface area contributed by atoms with Crippen molar-refractivity contribution in [1.82, 2.24) is 5.32 Å². The summed E-state index contributed by atoms with van der Waals surface area (Å²) in [6.07, 6.45) is -0.256. The zero-order valence-electron chi connectivity index (χ0n) is 11.8. The molecule has 1 unspecified atom stereocenters. The van der Waals surface area contributed by atoms with E-state index in [1.54, 1.807) is 13.0 Å². The Balaban J connectivity index is 2.58. The van der Waals surface area contributed by atoms with Gasteiger partial charge in [-0.3, -0.25) is 19.8 Å².